The third-order valence-electron chi connectivity index (χ3n) is 3.78. The SMILES string of the molecule is CCc1ccc(CNC(=NC)NCc2ccc(F)c(CN(C)C)c2)s1.I. The van der Waals surface area contributed by atoms with E-state index in [4.69, 9.17) is 0 Å². The van der Waals surface area contributed by atoms with Crippen molar-refractivity contribution in [3.8, 4) is 0 Å². The summed E-state index contributed by atoms with van der Waals surface area (Å²) in [5, 5.41) is 6.60. The molecule has 1 aromatic heterocycles. The number of rotatable bonds is 7. The maximum absolute atomic E-state index is 13.9. The zero-order valence-electron chi connectivity index (χ0n) is 15.8. The number of thiophene rings is 1. The van der Waals surface area contributed by atoms with Crippen molar-refractivity contribution in [2.24, 2.45) is 4.99 Å². The standard InChI is InChI=1S/C19H27FN4S.HI/c1-5-16-7-8-17(25-16)12-23-19(21-2)22-11-14-6-9-18(20)15(10-14)13-24(3)4;/h6-10H,5,11-13H2,1-4H3,(H2,21,22,23);1H. The van der Waals surface area contributed by atoms with Gasteiger partial charge in [0, 0.05) is 35.5 Å². The van der Waals surface area contributed by atoms with Crippen molar-refractivity contribution in [1.29, 1.82) is 0 Å². The van der Waals surface area contributed by atoms with Crippen molar-refractivity contribution in [3.05, 3.63) is 57.0 Å². The van der Waals surface area contributed by atoms with E-state index in [0.29, 0.717) is 18.7 Å². The summed E-state index contributed by atoms with van der Waals surface area (Å²) in [6, 6.07) is 9.56. The minimum Gasteiger partial charge on any atom is -0.352 e. The Morgan fingerprint density at radius 3 is 2.42 bits per heavy atom. The Hall–Kier alpha value is -1.19. The number of nitrogens with one attached hydrogen (secondary N) is 2. The molecule has 7 heteroatoms. The van der Waals surface area contributed by atoms with Gasteiger partial charge in [-0.3, -0.25) is 4.99 Å². The average molecular weight is 490 g/mol. The molecule has 2 rings (SSSR count). The molecular weight excluding hydrogens is 462 g/mol. The summed E-state index contributed by atoms with van der Waals surface area (Å²) in [7, 11) is 5.62. The molecule has 0 fully saturated rings. The lowest BCUT2D eigenvalue weighted by Gasteiger charge is -2.14. The van der Waals surface area contributed by atoms with Gasteiger partial charge < -0.3 is 15.5 Å². The molecule has 0 amide bonds. The molecule has 4 nitrogen and oxygen atoms in total. The van der Waals surface area contributed by atoms with Crippen LogP contribution in [-0.2, 0) is 26.1 Å². The summed E-state index contributed by atoms with van der Waals surface area (Å²) in [6.07, 6.45) is 1.07. The van der Waals surface area contributed by atoms with Gasteiger partial charge in [0.2, 0.25) is 0 Å². The monoisotopic (exact) mass is 490 g/mol. The van der Waals surface area contributed by atoms with Crippen LogP contribution in [0.2, 0.25) is 0 Å². The van der Waals surface area contributed by atoms with Gasteiger partial charge in [-0.05, 0) is 50.3 Å². The quantitative estimate of drug-likeness (QED) is 0.350. The number of hydrogen-bond acceptors (Lipinski definition) is 3. The van der Waals surface area contributed by atoms with Gasteiger partial charge in [0.25, 0.3) is 0 Å². The normalized spacial score (nSPS) is 11.4. The van der Waals surface area contributed by atoms with Crippen molar-refractivity contribution >= 4 is 41.3 Å². The molecule has 2 N–H and O–H groups in total. The average Bonchev–Trinajstić information content (AvgIpc) is 3.05. The van der Waals surface area contributed by atoms with E-state index in [9.17, 15) is 4.39 Å². The highest BCUT2D eigenvalue weighted by Gasteiger charge is 2.06. The van der Waals surface area contributed by atoms with Crippen LogP contribution in [0.1, 0.15) is 27.8 Å². The number of hydrogen-bond donors (Lipinski definition) is 2. The van der Waals surface area contributed by atoms with Crippen molar-refractivity contribution in [2.75, 3.05) is 21.1 Å². The maximum Gasteiger partial charge on any atom is 0.191 e. The lowest BCUT2D eigenvalue weighted by molar-refractivity contribution is 0.392. The number of nitrogens with zero attached hydrogens (tertiary/aromatic N) is 2. The number of guanidine groups is 1. The number of aryl methyl sites for hydroxylation is 1. The van der Waals surface area contributed by atoms with Gasteiger partial charge in [-0.25, -0.2) is 4.39 Å². The van der Waals surface area contributed by atoms with E-state index in [1.54, 1.807) is 7.05 Å². The van der Waals surface area contributed by atoms with Crippen LogP contribution < -0.4 is 10.6 Å². The second-order valence-corrected chi connectivity index (χ2v) is 7.42. The van der Waals surface area contributed by atoms with Gasteiger partial charge in [-0.2, -0.15) is 0 Å². The molecule has 0 saturated heterocycles. The van der Waals surface area contributed by atoms with E-state index >= 15 is 0 Å². The van der Waals surface area contributed by atoms with Crippen LogP contribution in [-0.4, -0.2) is 32.0 Å². The second-order valence-electron chi connectivity index (χ2n) is 6.16. The summed E-state index contributed by atoms with van der Waals surface area (Å²) in [6.45, 7) is 4.10. The molecular formula is C19H28FIN4S. The zero-order chi connectivity index (χ0) is 18.2. The van der Waals surface area contributed by atoms with Gasteiger partial charge in [-0.1, -0.05) is 13.0 Å². The summed E-state index contributed by atoms with van der Waals surface area (Å²) in [4.78, 5) is 8.89. The molecule has 2 aromatic rings. The van der Waals surface area contributed by atoms with E-state index in [0.717, 1.165) is 24.5 Å². The van der Waals surface area contributed by atoms with Crippen LogP contribution in [0.15, 0.2) is 35.3 Å². The molecule has 0 aliphatic heterocycles. The van der Waals surface area contributed by atoms with E-state index in [1.807, 2.05) is 42.5 Å². The van der Waals surface area contributed by atoms with Crippen LogP contribution in [0.3, 0.4) is 0 Å². The molecule has 26 heavy (non-hydrogen) atoms. The minimum atomic E-state index is -0.163. The van der Waals surface area contributed by atoms with E-state index < -0.39 is 0 Å². The topological polar surface area (TPSA) is 39.7 Å². The first-order valence-corrected chi connectivity index (χ1v) is 9.27. The number of halogens is 2. The Labute approximate surface area is 176 Å². The Bertz CT molecular complexity index is 715. The predicted molar refractivity (Wildman–Crippen MR) is 120 cm³/mol. The highest BCUT2D eigenvalue weighted by molar-refractivity contribution is 14.0. The summed E-state index contributed by atoms with van der Waals surface area (Å²) >= 11 is 1.82. The highest BCUT2D eigenvalue weighted by atomic mass is 127. The van der Waals surface area contributed by atoms with E-state index in [1.165, 1.54) is 15.8 Å². The van der Waals surface area contributed by atoms with Gasteiger partial charge >= 0.3 is 0 Å². The Balaban J connectivity index is 0.00000338. The fourth-order valence-electron chi connectivity index (χ4n) is 2.48. The van der Waals surface area contributed by atoms with Crippen LogP contribution >= 0.6 is 35.3 Å². The Morgan fingerprint density at radius 2 is 1.81 bits per heavy atom. The van der Waals surface area contributed by atoms with Crippen molar-refractivity contribution in [2.45, 2.75) is 33.0 Å². The summed E-state index contributed by atoms with van der Waals surface area (Å²) < 4.78 is 13.9. The minimum absolute atomic E-state index is 0. The van der Waals surface area contributed by atoms with Crippen LogP contribution in [0, 0.1) is 5.82 Å². The fraction of sp³-hybridized carbons (Fsp3) is 0.421. The van der Waals surface area contributed by atoms with Crippen LogP contribution in [0.5, 0.6) is 0 Å². The molecule has 0 bridgehead atoms. The molecule has 144 valence electrons. The smallest absolute Gasteiger partial charge is 0.191 e. The molecule has 0 spiro atoms. The zero-order valence-corrected chi connectivity index (χ0v) is 19.0. The highest BCUT2D eigenvalue weighted by Crippen LogP contribution is 2.16. The maximum atomic E-state index is 13.9. The first-order valence-electron chi connectivity index (χ1n) is 8.46. The van der Waals surface area contributed by atoms with Crippen molar-refractivity contribution in [1.82, 2.24) is 15.5 Å². The lowest BCUT2D eigenvalue weighted by Crippen LogP contribution is -2.36. The lowest BCUT2D eigenvalue weighted by atomic mass is 10.1. The first-order chi connectivity index (χ1) is 12.0. The summed E-state index contributed by atoms with van der Waals surface area (Å²) in [5.41, 5.74) is 1.74. The van der Waals surface area contributed by atoms with Crippen LogP contribution in [0.4, 0.5) is 4.39 Å². The predicted octanol–water partition coefficient (Wildman–Crippen LogP) is 3.99. The molecule has 0 unspecified atom stereocenters. The Kier molecular flexibility index (Phi) is 10.1. The molecule has 1 aromatic carbocycles. The molecule has 0 saturated carbocycles. The molecule has 1 heterocycles. The molecule has 0 atom stereocenters. The third kappa shape index (κ3) is 7.20. The fourth-order valence-corrected chi connectivity index (χ4v) is 3.38. The van der Waals surface area contributed by atoms with Gasteiger partial charge in [0.05, 0.1) is 6.54 Å². The summed E-state index contributed by atoms with van der Waals surface area (Å²) in [5.74, 6) is 0.578. The van der Waals surface area contributed by atoms with Gasteiger partial charge in [0.1, 0.15) is 5.82 Å². The number of aliphatic imine (C=N–C) groups is 1. The number of benzene rings is 1. The third-order valence-corrected chi connectivity index (χ3v) is 5.01. The molecule has 0 radical (unpaired) electrons. The first kappa shape index (κ1) is 22.9. The Morgan fingerprint density at radius 1 is 1.12 bits per heavy atom. The van der Waals surface area contributed by atoms with E-state index in [2.05, 4.69) is 34.7 Å². The van der Waals surface area contributed by atoms with E-state index in [-0.39, 0.29) is 29.8 Å². The van der Waals surface area contributed by atoms with Gasteiger partial charge in [0.15, 0.2) is 5.96 Å². The largest absolute Gasteiger partial charge is 0.352 e. The molecule has 0 aliphatic carbocycles. The molecule has 0 aliphatic rings. The van der Waals surface area contributed by atoms with Crippen LogP contribution in [0.25, 0.3) is 0 Å². The second kappa shape index (κ2) is 11.5. The van der Waals surface area contributed by atoms with Crippen molar-refractivity contribution < 1.29 is 4.39 Å². The van der Waals surface area contributed by atoms with Gasteiger partial charge in [-0.15, -0.1) is 35.3 Å². The van der Waals surface area contributed by atoms with Crippen molar-refractivity contribution in [3.63, 3.8) is 0 Å².